The van der Waals surface area contributed by atoms with E-state index in [4.69, 9.17) is 14.7 Å². The summed E-state index contributed by atoms with van der Waals surface area (Å²) in [6, 6.07) is 53.6. The number of hydrogen-bond acceptors (Lipinski definition) is 3. The summed E-state index contributed by atoms with van der Waals surface area (Å²) in [5.41, 5.74) is 7.15. The molecule has 5 aromatic heterocycles. The summed E-state index contributed by atoms with van der Waals surface area (Å²) in [6.45, 7) is 6.67. The molecule has 0 amide bonds. The maximum atomic E-state index is 6.60. The van der Waals surface area contributed by atoms with Crippen LogP contribution in [0.25, 0.3) is 77.2 Å². The Morgan fingerprint density at radius 2 is 1.26 bits per heavy atom. The summed E-state index contributed by atoms with van der Waals surface area (Å²) < 4.78 is 15.3. The number of aromatic nitrogens is 6. The van der Waals surface area contributed by atoms with Crippen molar-refractivity contribution in [3.8, 4) is 23.0 Å². The van der Waals surface area contributed by atoms with Gasteiger partial charge in [0.25, 0.3) is 0 Å². The molecule has 0 saturated carbocycles. The molecule has 6 aromatic carbocycles. The van der Waals surface area contributed by atoms with E-state index in [1.165, 1.54) is 10.9 Å². The molecule has 11 rings (SSSR count). The number of fused-ring (bicyclic) bond motifs is 10. The number of imidazole rings is 2. The minimum atomic E-state index is -0.0204. The van der Waals surface area contributed by atoms with E-state index in [-0.39, 0.29) is 26.5 Å². The Morgan fingerprint density at radius 3 is 2.07 bits per heavy atom. The van der Waals surface area contributed by atoms with Crippen molar-refractivity contribution in [1.82, 2.24) is 27.9 Å². The molecule has 0 fully saturated rings. The van der Waals surface area contributed by atoms with Gasteiger partial charge in [-0.15, -0.1) is 29.3 Å². The maximum Gasteiger partial charge on any atom is 0.152 e. The summed E-state index contributed by atoms with van der Waals surface area (Å²) >= 11 is 0. The van der Waals surface area contributed by atoms with Gasteiger partial charge in [0, 0.05) is 73.9 Å². The molecule has 8 heteroatoms. The first-order chi connectivity index (χ1) is 27.4. The van der Waals surface area contributed by atoms with E-state index in [9.17, 15) is 0 Å². The summed E-state index contributed by atoms with van der Waals surface area (Å²) in [5, 5.41) is 6.83. The molecule has 0 unspecified atom stereocenters. The largest absolute Gasteiger partial charge is 0.510 e. The van der Waals surface area contributed by atoms with E-state index in [2.05, 4.69) is 172 Å². The van der Waals surface area contributed by atoms with Crippen molar-refractivity contribution in [2.45, 2.75) is 26.2 Å². The van der Waals surface area contributed by atoms with Crippen LogP contribution in [0.1, 0.15) is 26.3 Å². The van der Waals surface area contributed by atoms with Crippen LogP contribution in [0, 0.1) is 12.1 Å². The monoisotopic (exact) mass is 918 g/mol. The molecule has 0 bridgehead atoms. The number of pyridine rings is 1. The summed E-state index contributed by atoms with van der Waals surface area (Å²) in [4.78, 5) is 9.75. The van der Waals surface area contributed by atoms with Gasteiger partial charge in [-0.2, -0.15) is 24.3 Å². The summed E-state index contributed by atoms with van der Waals surface area (Å²) in [5.74, 6) is 2.83. The zero-order valence-corrected chi connectivity index (χ0v) is 33.7. The average molecular weight is 919 g/mol. The zero-order chi connectivity index (χ0) is 37.5. The molecular formula is C49H35N6OPt-3. The number of hydrogen-bond donors (Lipinski definition) is 0. The smallest absolute Gasteiger partial charge is 0.152 e. The van der Waals surface area contributed by atoms with E-state index in [1.54, 1.807) is 0 Å². The Morgan fingerprint density at radius 1 is 0.596 bits per heavy atom. The van der Waals surface area contributed by atoms with Crippen molar-refractivity contribution in [3.05, 3.63) is 176 Å². The average Bonchev–Trinajstić information content (AvgIpc) is 3.95. The first-order valence-electron chi connectivity index (χ1n) is 18.8. The predicted molar refractivity (Wildman–Crippen MR) is 226 cm³/mol. The Labute approximate surface area is 343 Å². The Kier molecular flexibility index (Phi) is 8.13. The minimum absolute atomic E-state index is 0. The molecule has 0 aliphatic rings. The van der Waals surface area contributed by atoms with E-state index >= 15 is 0 Å². The topological polar surface area (TPSA) is 53.7 Å². The Hall–Kier alpha value is -6.56. The van der Waals surface area contributed by atoms with Gasteiger partial charge in [-0.1, -0.05) is 105 Å². The van der Waals surface area contributed by atoms with Gasteiger partial charge in [-0.05, 0) is 67.8 Å². The van der Waals surface area contributed by atoms with Crippen LogP contribution < -0.4 is 4.74 Å². The number of benzene rings is 6. The quantitative estimate of drug-likeness (QED) is 0.165. The molecule has 0 atom stereocenters. The molecule has 7 nitrogen and oxygen atoms in total. The second kappa shape index (κ2) is 13.3. The van der Waals surface area contributed by atoms with Gasteiger partial charge in [0.15, 0.2) is 5.78 Å². The SMILES string of the molecule is CC(C)(C)c1ccnc(-n2c3[c-]c(Oc4[c-]c(-n5[cH-]n6c7c(cccc75)c5ccccc5c5ccccc5n5ccnc56)ccc4)ccc3c3ccccc32)c1.[Pt]. The Balaban J connectivity index is 0.00000396. The van der Waals surface area contributed by atoms with Gasteiger partial charge in [-0.25, -0.2) is 4.98 Å². The second-order valence-electron chi connectivity index (χ2n) is 15.3. The van der Waals surface area contributed by atoms with Gasteiger partial charge in [0.2, 0.25) is 0 Å². The standard InChI is InChI=1S/C49H35N6O.Pt/c1-49(2,3)32-24-25-50-46(28-32)55-43-20-9-7-17-39(43)40-23-22-35(30-45(40)55)56-34-13-10-12-33(29-34)53-31-54-47-41(18-11-21-44(47)53)37-15-5-4-14-36(37)38-16-6-8-19-42(38)52-27-26-51-48(52)54;/h4-28,31H,1-3H3;/q-3;. The third-order valence-corrected chi connectivity index (χ3v) is 10.9. The van der Waals surface area contributed by atoms with Gasteiger partial charge in [0.1, 0.15) is 5.82 Å². The molecule has 5 heterocycles. The first-order valence-corrected chi connectivity index (χ1v) is 18.8. The zero-order valence-electron chi connectivity index (χ0n) is 31.4. The van der Waals surface area contributed by atoms with Crippen molar-refractivity contribution < 1.29 is 25.8 Å². The molecule has 0 aliphatic heterocycles. The van der Waals surface area contributed by atoms with Crippen molar-refractivity contribution in [3.63, 3.8) is 0 Å². The first kappa shape index (κ1) is 34.9. The van der Waals surface area contributed by atoms with Crippen LogP contribution >= 0.6 is 0 Å². The number of nitrogens with zero attached hydrogens (tertiary/aromatic N) is 6. The number of para-hydroxylation sites is 3. The van der Waals surface area contributed by atoms with Gasteiger partial charge in [0.05, 0.1) is 0 Å². The van der Waals surface area contributed by atoms with E-state index in [0.717, 1.165) is 71.8 Å². The molecule has 0 saturated heterocycles. The van der Waals surface area contributed by atoms with Gasteiger partial charge >= 0.3 is 0 Å². The van der Waals surface area contributed by atoms with Gasteiger partial charge in [-0.3, -0.25) is 4.98 Å². The fourth-order valence-electron chi connectivity index (χ4n) is 8.24. The normalized spacial score (nSPS) is 12.0. The molecule has 280 valence electrons. The van der Waals surface area contributed by atoms with E-state index in [0.29, 0.717) is 11.5 Å². The van der Waals surface area contributed by atoms with Crippen molar-refractivity contribution in [2.24, 2.45) is 0 Å². The number of rotatable bonds is 4. The van der Waals surface area contributed by atoms with Crippen LogP contribution in [0.5, 0.6) is 11.5 Å². The molecule has 0 radical (unpaired) electrons. The minimum Gasteiger partial charge on any atom is -0.510 e. The van der Waals surface area contributed by atoms with Crippen molar-refractivity contribution >= 4 is 65.7 Å². The van der Waals surface area contributed by atoms with Gasteiger partial charge < -0.3 is 22.7 Å². The molecule has 57 heavy (non-hydrogen) atoms. The van der Waals surface area contributed by atoms with Crippen LogP contribution in [0.2, 0.25) is 0 Å². The molecule has 0 aliphatic carbocycles. The molecule has 11 aromatic rings. The van der Waals surface area contributed by atoms with Crippen molar-refractivity contribution in [2.75, 3.05) is 0 Å². The van der Waals surface area contributed by atoms with Crippen LogP contribution in [0.15, 0.2) is 158 Å². The van der Waals surface area contributed by atoms with Crippen LogP contribution in [-0.2, 0) is 26.5 Å². The van der Waals surface area contributed by atoms with Crippen LogP contribution in [0.4, 0.5) is 0 Å². The molecular weight excluding hydrogens is 884 g/mol. The third-order valence-electron chi connectivity index (χ3n) is 10.9. The third kappa shape index (κ3) is 5.56. The second-order valence-corrected chi connectivity index (χ2v) is 15.3. The predicted octanol–water partition coefficient (Wildman–Crippen LogP) is 11.9. The van der Waals surface area contributed by atoms with E-state index < -0.39 is 0 Å². The fraction of sp³-hybridized carbons (Fsp3) is 0.0816. The number of ether oxygens (including phenoxy) is 1. The van der Waals surface area contributed by atoms with Crippen molar-refractivity contribution in [1.29, 1.82) is 0 Å². The summed E-state index contributed by atoms with van der Waals surface area (Å²) in [7, 11) is 0. The fourth-order valence-corrected chi connectivity index (χ4v) is 8.24. The van der Waals surface area contributed by atoms with Crippen LogP contribution in [0.3, 0.4) is 0 Å². The summed E-state index contributed by atoms with van der Waals surface area (Å²) in [6.07, 6.45) is 7.90. The Bertz CT molecular complexity index is 3410. The molecule has 0 spiro atoms. The van der Waals surface area contributed by atoms with E-state index in [1.807, 2.05) is 36.8 Å². The molecule has 0 N–H and O–H groups in total. The maximum absolute atomic E-state index is 6.60. The van der Waals surface area contributed by atoms with Crippen LogP contribution in [-0.4, -0.2) is 27.9 Å².